The summed E-state index contributed by atoms with van der Waals surface area (Å²) in [7, 11) is 0. The van der Waals surface area contributed by atoms with Gasteiger partial charge in [0.25, 0.3) is 5.56 Å². The highest BCUT2D eigenvalue weighted by Gasteiger charge is 2.20. The van der Waals surface area contributed by atoms with E-state index in [0.717, 1.165) is 47.9 Å². The molecule has 2 aliphatic rings. The van der Waals surface area contributed by atoms with Gasteiger partial charge in [0.1, 0.15) is 5.82 Å². The third-order valence-corrected chi connectivity index (χ3v) is 5.68. The average molecular weight is 364 g/mol. The molecule has 0 radical (unpaired) electrons. The van der Waals surface area contributed by atoms with Crippen LogP contribution in [0.25, 0.3) is 16.6 Å². The molecule has 7 nitrogen and oxygen atoms in total. The van der Waals surface area contributed by atoms with Gasteiger partial charge in [-0.15, -0.1) is 5.10 Å². The van der Waals surface area contributed by atoms with Gasteiger partial charge in [0.2, 0.25) is 10.1 Å². The lowest BCUT2D eigenvalue weighted by Crippen LogP contribution is -2.18. The van der Waals surface area contributed by atoms with Gasteiger partial charge in [0, 0.05) is 30.4 Å². The van der Waals surface area contributed by atoms with Gasteiger partial charge < -0.3 is 10.6 Å². The lowest BCUT2D eigenvalue weighted by atomic mass is 10.1. The molecule has 1 saturated heterocycles. The molecule has 26 heavy (non-hydrogen) atoms. The number of nitrogens with two attached hydrogens (primary N) is 1. The molecule has 2 aromatic heterocycles. The number of benzene rings is 1. The second kappa shape index (κ2) is 5.77. The van der Waals surface area contributed by atoms with E-state index < -0.39 is 0 Å². The number of nitrogens with zero attached hydrogens (tertiary/aromatic N) is 5. The minimum absolute atomic E-state index is 0.312. The van der Waals surface area contributed by atoms with Gasteiger partial charge in [-0.25, -0.2) is 0 Å². The van der Waals surface area contributed by atoms with Gasteiger partial charge in [-0.05, 0) is 25.0 Å². The van der Waals surface area contributed by atoms with Crippen LogP contribution in [0.5, 0.6) is 0 Å². The highest BCUT2D eigenvalue weighted by Crippen LogP contribution is 2.33. The normalized spacial score (nSPS) is 17.5. The fourth-order valence-corrected chi connectivity index (χ4v) is 4.30. The third kappa shape index (κ3) is 2.33. The molecule has 0 amide bonds. The zero-order valence-electron chi connectivity index (χ0n) is 13.9. The van der Waals surface area contributed by atoms with Gasteiger partial charge >= 0.3 is 0 Å². The Labute approximate surface area is 153 Å². The minimum Gasteiger partial charge on any atom is -0.383 e. The van der Waals surface area contributed by atoms with Gasteiger partial charge in [0.15, 0.2) is 0 Å². The van der Waals surface area contributed by atoms with Crippen molar-refractivity contribution in [3.63, 3.8) is 0 Å². The van der Waals surface area contributed by atoms with Crippen LogP contribution in [-0.4, -0.2) is 33.9 Å². The molecule has 0 atom stereocenters. The van der Waals surface area contributed by atoms with Crippen molar-refractivity contribution in [3.05, 3.63) is 45.7 Å². The molecule has 0 unspecified atom stereocenters. The van der Waals surface area contributed by atoms with Crippen molar-refractivity contribution in [3.8, 4) is 0 Å². The van der Waals surface area contributed by atoms with Crippen LogP contribution in [0.1, 0.15) is 24.0 Å². The Morgan fingerprint density at radius 2 is 2.00 bits per heavy atom. The first-order valence-corrected chi connectivity index (χ1v) is 9.32. The van der Waals surface area contributed by atoms with E-state index in [9.17, 15) is 4.79 Å². The summed E-state index contributed by atoms with van der Waals surface area (Å²) in [6.45, 7) is 1.96. The number of hydrogen-bond acceptors (Lipinski definition) is 7. The Morgan fingerprint density at radius 1 is 1.19 bits per heavy atom. The highest BCUT2D eigenvalue weighted by molar-refractivity contribution is 7.20. The van der Waals surface area contributed by atoms with Crippen LogP contribution < -0.4 is 16.2 Å². The SMILES string of the molecule is Nc1c(C=C2C=Nc3ccccc32)c(=O)nc2sc(N3CCCC3)nn12. The largest absolute Gasteiger partial charge is 0.383 e. The van der Waals surface area contributed by atoms with Crippen LogP contribution in [0, 0.1) is 0 Å². The fourth-order valence-electron chi connectivity index (χ4n) is 3.35. The molecule has 2 aliphatic heterocycles. The number of rotatable bonds is 2. The average Bonchev–Trinajstić information content (AvgIpc) is 3.37. The Bertz CT molecular complexity index is 1140. The standard InChI is InChI=1S/C18H16N6OS/c19-15-13(9-11-10-20-14-6-2-1-5-12(11)14)16(25)21-17-24(15)22-18(26-17)23-7-3-4-8-23/h1-2,5-6,9-10H,3-4,7-8,19H2. The van der Waals surface area contributed by atoms with E-state index in [-0.39, 0.29) is 5.56 Å². The molecule has 0 bridgehead atoms. The predicted octanol–water partition coefficient (Wildman–Crippen LogP) is 2.59. The molecule has 130 valence electrons. The molecule has 0 saturated carbocycles. The van der Waals surface area contributed by atoms with Crippen LogP contribution in [0.2, 0.25) is 0 Å². The zero-order chi connectivity index (χ0) is 17.7. The Hall–Kier alpha value is -3.00. The first-order valence-electron chi connectivity index (χ1n) is 8.50. The minimum atomic E-state index is -0.343. The van der Waals surface area contributed by atoms with E-state index in [1.54, 1.807) is 16.8 Å². The predicted molar refractivity (Wildman–Crippen MR) is 105 cm³/mol. The van der Waals surface area contributed by atoms with E-state index in [2.05, 4.69) is 20.0 Å². The van der Waals surface area contributed by atoms with Crippen molar-refractivity contribution < 1.29 is 0 Å². The molecule has 3 aromatic rings. The summed E-state index contributed by atoms with van der Waals surface area (Å²) in [5.41, 5.74) is 9.01. The topological polar surface area (TPSA) is 88.9 Å². The monoisotopic (exact) mass is 364 g/mol. The van der Waals surface area contributed by atoms with Crippen LogP contribution in [0.15, 0.2) is 34.1 Å². The molecule has 0 spiro atoms. The highest BCUT2D eigenvalue weighted by atomic mass is 32.1. The number of hydrogen-bond donors (Lipinski definition) is 1. The van der Waals surface area contributed by atoms with Crippen LogP contribution in [-0.2, 0) is 0 Å². The molecule has 5 rings (SSSR count). The second-order valence-corrected chi connectivity index (χ2v) is 7.30. The molecular weight excluding hydrogens is 348 g/mol. The Kier molecular flexibility index (Phi) is 3.39. The number of anilines is 2. The molecule has 1 aromatic carbocycles. The summed E-state index contributed by atoms with van der Waals surface area (Å²) in [5, 5.41) is 5.45. The van der Waals surface area contributed by atoms with E-state index in [1.807, 2.05) is 24.3 Å². The van der Waals surface area contributed by atoms with Crippen LogP contribution in [0.3, 0.4) is 0 Å². The summed E-state index contributed by atoms with van der Waals surface area (Å²) in [4.78, 5) is 23.9. The Balaban J connectivity index is 1.64. The fraction of sp³-hybridized carbons (Fsp3) is 0.222. The third-order valence-electron chi connectivity index (χ3n) is 4.72. The van der Waals surface area contributed by atoms with Crippen molar-refractivity contribution in [2.24, 2.45) is 4.99 Å². The van der Waals surface area contributed by atoms with Crippen molar-refractivity contribution in [1.29, 1.82) is 0 Å². The van der Waals surface area contributed by atoms with Crippen molar-refractivity contribution >= 4 is 50.8 Å². The number of aromatic nitrogens is 3. The van der Waals surface area contributed by atoms with Gasteiger partial charge in [-0.1, -0.05) is 29.5 Å². The summed E-state index contributed by atoms with van der Waals surface area (Å²) >= 11 is 1.40. The van der Waals surface area contributed by atoms with Crippen molar-refractivity contribution in [2.45, 2.75) is 12.8 Å². The molecule has 4 heterocycles. The lowest BCUT2D eigenvalue weighted by molar-refractivity contribution is 0.883. The molecule has 8 heteroatoms. The molecule has 1 fully saturated rings. The zero-order valence-corrected chi connectivity index (χ0v) is 14.7. The number of nitrogen functional groups attached to an aromatic ring is 1. The van der Waals surface area contributed by atoms with Crippen molar-refractivity contribution in [2.75, 3.05) is 23.7 Å². The maximum atomic E-state index is 12.6. The Morgan fingerprint density at radius 3 is 2.85 bits per heavy atom. The lowest BCUT2D eigenvalue weighted by Gasteiger charge is -2.11. The van der Waals surface area contributed by atoms with E-state index >= 15 is 0 Å². The summed E-state index contributed by atoms with van der Waals surface area (Å²) < 4.78 is 1.57. The van der Waals surface area contributed by atoms with E-state index in [1.165, 1.54) is 11.3 Å². The summed E-state index contributed by atoms with van der Waals surface area (Å²) in [5.74, 6) is 0.312. The summed E-state index contributed by atoms with van der Waals surface area (Å²) in [6, 6.07) is 7.79. The number of para-hydroxylation sites is 1. The van der Waals surface area contributed by atoms with Crippen LogP contribution in [0.4, 0.5) is 16.6 Å². The first kappa shape index (κ1) is 15.3. The van der Waals surface area contributed by atoms with Gasteiger partial charge in [-0.3, -0.25) is 9.79 Å². The van der Waals surface area contributed by atoms with Gasteiger partial charge in [0.05, 0.1) is 11.3 Å². The van der Waals surface area contributed by atoms with E-state index in [4.69, 9.17) is 5.73 Å². The van der Waals surface area contributed by atoms with Crippen molar-refractivity contribution in [1.82, 2.24) is 14.6 Å². The quantitative estimate of drug-likeness (QED) is 0.755. The number of aliphatic imine (C=N–C) groups is 1. The van der Waals surface area contributed by atoms with Crippen LogP contribution >= 0.6 is 11.3 Å². The smallest absolute Gasteiger partial charge is 0.283 e. The maximum Gasteiger partial charge on any atom is 0.283 e. The summed E-state index contributed by atoms with van der Waals surface area (Å²) in [6.07, 6.45) is 5.81. The number of fused-ring (bicyclic) bond motifs is 2. The van der Waals surface area contributed by atoms with Gasteiger partial charge in [-0.2, -0.15) is 9.50 Å². The first-order chi connectivity index (χ1) is 12.7. The maximum absolute atomic E-state index is 12.6. The van der Waals surface area contributed by atoms with E-state index in [0.29, 0.717) is 16.3 Å². The second-order valence-electron chi connectivity index (χ2n) is 6.36. The molecule has 2 N–H and O–H groups in total. The molecule has 0 aliphatic carbocycles. The number of allylic oxidation sites excluding steroid dienone is 1. The molecular formula is C18H16N6OS.